The van der Waals surface area contributed by atoms with Gasteiger partial charge in [-0.1, -0.05) is 17.7 Å². The van der Waals surface area contributed by atoms with Gasteiger partial charge in [0, 0.05) is 36.8 Å². The maximum atomic E-state index is 13.6. The lowest BCUT2D eigenvalue weighted by Crippen LogP contribution is -2.50. The molecule has 152 valence electrons. The number of ether oxygens (including phenoxy) is 1. The maximum absolute atomic E-state index is 13.6. The molecular weight excluding hydrogens is 395 g/mol. The van der Waals surface area contributed by atoms with Crippen LogP contribution in [0.4, 0.5) is 4.39 Å². The predicted octanol–water partition coefficient (Wildman–Crippen LogP) is 3.27. The van der Waals surface area contributed by atoms with E-state index in [1.165, 1.54) is 18.3 Å². The van der Waals surface area contributed by atoms with Crippen molar-refractivity contribution < 1.29 is 13.9 Å². The number of hydrogen-bond donors (Lipinski definition) is 2. The summed E-state index contributed by atoms with van der Waals surface area (Å²) in [4.78, 5) is 21.8. The number of nitrogens with two attached hydrogens (primary N) is 1. The molecule has 0 atom stereocenters. The van der Waals surface area contributed by atoms with Gasteiger partial charge in [0.05, 0.1) is 11.1 Å². The highest BCUT2D eigenvalue weighted by Crippen LogP contribution is 2.39. The van der Waals surface area contributed by atoms with Crippen molar-refractivity contribution in [3.05, 3.63) is 64.6 Å². The minimum absolute atomic E-state index is 0.177. The second kappa shape index (κ2) is 8.08. The molecule has 8 heteroatoms. The smallest absolute Gasteiger partial charge is 0.257 e. The Labute approximate surface area is 173 Å². The third kappa shape index (κ3) is 4.11. The van der Waals surface area contributed by atoms with Crippen molar-refractivity contribution in [2.24, 2.45) is 5.73 Å². The van der Waals surface area contributed by atoms with Crippen molar-refractivity contribution >= 4 is 23.1 Å². The van der Waals surface area contributed by atoms with Crippen LogP contribution in [0.3, 0.4) is 0 Å². The van der Waals surface area contributed by atoms with Crippen LogP contribution >= 0.6 is 11.6 Å². The highest BCUT2D eigenvalue weighted by atomic mass is 35.5. The van der Waals surface area contributed by atoms with Crippen LogP contribution in [-0.4, -0.2) is 29.1 Å². The van der Waals surface area contributed by atoms with E-state index in [1.807, 2.05) is 0 Å². The second-order valence-corrected chi connectivity index (χ2v) is 7.87. The van der Waals surface area contributed by atoms with Gasteiger partial charge in [-0.2, -0.15) is 0 Å². The fraction of sp³-hybridized carbons (Fsp3) is 0.381. The molecule has 1 aliphatic carbocycles. The van der Waals surface area contributed by atoms with Crippen LogP contribution in [-0.2, 0) is 15.1 Å². The number of rotatable bonds is 5. The first-order valence-corrected chi connectivity index (χ1v) is 10.0. The fourth-order valence-electron chi connectivity index (χ4n) is 3.70. The molecule has 1 amide bonds. The molecule has 1 aromatic heterocycles. The SMILES string of the molecule is NC=C(C(=O)NC1(c2ccc(F)cc2Cl)CCOCC1)c1ncc(C2CC2)cn1. The monoisotopic (exact) mass is 416 g/mol. The van der Waals surface area contributed by atoms with Gasteiger partial charge in [-0.3, -0.25) is 4.79 Å². The molecule has 2 heterocycles. The summed E-state index contributed by atoms with van der Waals surface area (Å²) in [7, 11) is 0. The van der Waals surface area contributed by atoms with E-state index in [-0.39, 0.29) is 16.4 Å². The summed E-state index contributed by atoms with van der Waals surface area (Å²) < 4.78 is 19.0. The Kier molecular flexibility index (Phi) is 5.52. The summed E-state index contributed by atoms with van der Waals surface area (Å²) in [6, 6.07) is 4.19. The number of hydrogen-bond acceptors (Lipinski definition) is 5. The minimum atomic E-state index is -0.789. The summed E-state index contributed by atoms with van der Waals surface area (Å²) in [6.45, 7) is 0.893. The van der Waals surface area contributed by atoms with Crippen LogP contribution in [0.1, 0.15) is 48.6 Å². The van der Waals surface area contributed by atoms with Crippen molar-refractivity contribution in [1.29, 1.82) is 0 Å². The van der Waals surface area contributed by atoms with Crippen LogP contribution in [0.2, 0.25) is 5.02 Å². The number of aromatic nitrogens is 2. The molecule has 1 saturated heterocycles. The van der Waals surface area contributed by atoms with Crippen molar-refractivity contribution in [3.63, 3.8) is 0 Å². The zero-order chi connectivity index (χ0) is 20.4. The third-order valence-corrected chi connectivity index (χ3v) is 5.83. The molecule has 0 bridgehead atoms. The third-order valence-electron chi connectivity index (χ3n) is 5.52. The predicted molar refractivity (Wildman–Crippen MR) is 107 cm³/mol. The molecule has 1 aromatic carbocycles. The zero-order valence-electron chi connectivity index (χ0n) is 15.8. The first kappa shape index (κ1) is 19.8. The Morgan fingerprint density at radius 1 is 1.28 bits per heavy atom. The van der Waals surface area contributed by atoms with Crippen molar-refractivity contribution in [1.82, 2.24) is 15.3 Å². The van der Waals surface area contributed by atoms with Crippen LogP contribution in [0, 0.1) is 5.82 Å². The molecule has 0 spiro atoms. The van der Waals surface area contributed by atoms with Crippen molar-refractivity contribution in [2.75, 3.05) is 13.2 Å². The maximum Gasteiger partial charge on any atom is 0.257 e. The molecule has 3 N–H and O–H groups in total. The molecule has 1 aliphatic heterocycles. The number of amides is 1. The molecule has 2 fully saturated rings. The highest BCUT2D eigenvalue weighted by Gasteiger charge is 2.38. The van der Waals surface area contributed by atoms with Crippen LogP contribution < -0.4 is 11.1 Å². The number of nitrogens with zero attached hydrogens (tertiary/aromatic N) is 2. The number of halogens is 2. The first-order chi connectivity index (χ1) is 14.0. The van der Waals surface area contributed by atoms with Gasteiger partial charge in [-0.05, 0) is 54.9 Å². The Balaban J connectivity index is 1.61. The van der Waals surface area contributed by atoms with Crippen LogP contribution in [0.5, 0.6) is 0 Å². The van der Waals surface area contributed by atoms with Gasteiger partial charge in [-0.15, -0.1) is 0 Å². The van der Waals surface area contributed by atoms with Gasteiger partial charge < -0.3 is 15.8 Å². The highest BCUT2D eigenvalue weighted by molar-refractivity contribution is 6.31. The Morgan fingerprint density at radius 2 is 1.97 bits per heavy atom. The first-order valence-electron chi connectivity index (χ1n) is 9.62. The average Bonchev–Trinajstić information content (AvgIpc) is 3.55. The van der Waals surface area contributed by atoms with Gasteiger partial charge in [0.1, 0.15) is 5.82 Å². The van der Waals surface area contributed by atoms with E-state index in [2.05, 4.69) is 15.3 Å². The van der Waals surface area contributed by atoms with Gasteiger partial charge in [0.2, 0.25) is 0 Å². The molecule has 0 unspecified atom stereocenters. The van der Waals surface area contributed by atoms with E-state index in [0.29, 0.717) is 37.5 Å². The number of carbonyl (C=O) groups is 1. The van der Waals surface area contributed by atoms with E-state index in [0.717, 1.165) is 18.4 Å². The number of benzene rings is 1. The van der Waals surface area contributed by atoms with Crippen molar-refractivity contribution in [2.45, 2.75) is 37.1 Å². The molecular formula is C21H22ClFN4O2. The second-order valence-electron chi connectivity index (χ2n) is 7.47. The van der Waals surface area contributed by atoms with E-state index in [4.69, 9.17) is 22.1 Å². The zero-order valence-corrected chi connectivity index (χ0v) is 16.6. The number of carbonyl (C=O) groups excluding carboxylic acids is 1. The summed E-state index contributed by atoms with van der Waals surface area (Å²) in [6.07, 6.45) is 8.00. The average molecular weight is 417 g/mol. The van der Waals surface area contributed by atoms with Gasteiger partial charge in [-0.25, -0.2) is 14.4 Å². The van der Waals surface area contributed by atoms with Crippen LogP contribution in [0.25, 0.3) is 5.57 Å². The molecule has 4 rings (SSSR count). The Bertz CT molecular complexity index is 938. The van der Waals surface area contributed by atoms with E-state index < -0.39 is 17.3 Å². The molecule has 0 radical (unpaired) electrons. The summed E-state index contributed by atoms with van der Waals surface area (Å²) in [5.41, 5.74) is 6.86. The lowest BCUT2D eigenvalue weighted by atomic mass is 9.82. The fourth-order valence-corrected chi connectivity index (χ4v) is 4.05. The summed E-state index contributed by atoms with van der Waals surface area (Å²) in [5, 5.41) is 3.31. The Hall–Kier alpha value is -2.51. The lowest BCUT2D eigenvalue weighted by Gasteiger charge is -2.39. The van der Waals surface area contributed by atoms with Crippen molar-refractivity contribution in [3.8, 4) is 0 Å². The van der Waals surface area contributed by atoms with Gasteiger partial charge >= 0.3 is 0 Å². The van der Waals surface area contributed by atoms with Crippen LogP contribution in [0.15, 0.2) is 36.8 Å². The summed E-state index contributed by atoms with van der Waals surface area (Å²) >= 11 is 6.32. The molecule has 1 saturated carbocycles. The standard InChI is InChI=1S/C21H22ClFN4O2/c22-18-9-15(23)3-4-17(18)21(5-7-29-8-6-21)27-20(28)16(10-24)19-25-11-14(12-26-19)13-1-2-13/h3-4,9-13H,1-2,5-8,24H2,(H,27,28). The van der Waals surface area contributed by atoms with E-state index in [9.17, 15) is 9.18 Å². The summed E-state index contributed by atoms with van der Waals surface area (Å²) in [5.74, 6) is -0.0518. The molecule has 6 nitrogen and oxygen atoms in total. The van der Waals surface area contributed by atoms with Gasteiger partial charge in [0.25, 0.3) is 5.91 Å². The number of nitrogens with one attached hydrogen (secondary N) is 1. The van der Waals surface area contributed by atoms with E-state index in [1.54, 1.807) is 18.5 Å². The largest absolute Gasteiger partial charge is 0.404 e. The Morgan fingerprint density at radius 3 is 2.55 bits per heavy atom. The molecule has 2 aliphatic rings. The normalized spacial score (nSPS) is 19.0. The quantitative estimate of drug-likeness (QED) is 0.730. The minimum Gasteiger partial charge on any atom is -0.404 e. The topological polar surface area (TPSA) is 90.1 Å². The molecule has 2 aromatic rings. The van der Waals surface area contributed by atoms with E-state index >= 15 is 0 Å². The lowest BCUT2D eigenvalue weighted by molar-refractivity contribution is -0.119. The van der Waals surface area contributed by atoms with Gasteiger partial charge in [0.15, 0.2) is 5.82 Å². The molecule has 29 heavy (non-hydrogen) atoms.